The number of nitrogens with zero attached hydrogens (tertiary/aromatic N) is 1. The van der Waals surface area contributed by atoms with Gasteiger partial charge < -0.3 is 14.4 Å². The number of amides is 1. The Labute approximate surface area is 107 Å². The molecule has 4 heteroatoms. The Morgan fingerprint density at radius 1 is 1.33 bits per heavy atom. The zero-order chi connectivity index (χ0) is 12.8. The molecule has 0 N–H and O–H groups in total. The number of hydrogen-bond acceptors (Lipinski definition) is 3. The standard InChI is InChI=1S/C14H19NO3/c1-17-9-10-18-13-7-8-15(11-13)14(16)12-5-3-2-4-6-12/h2-6,13H,7-11H2,1H3. The lowest BCUT2D eigenvalue weighted by Crippen LogP contribution is -2.30. The van der Waals surface area contributed by atoms with Crippen LogP contribution in [0.15, 0.2) is 30.3 Å². The molecule has 1 saturated heterocycles. The number of carbonyl (C=O) groups is 1. The second-order valence-corrected chi connectivity index (χ2v) is 4.39. The first-order valence-corrected chi connectivity index (χ1v) is 6.26. The van der Waals surface area contributed by atoms with E-state index in [0.717, 1.165) is 18.5 Å². The average Bonchev–Trinajstić information content (AvgIpc) is 2.88. The van der Waals surface area contributed by atoms with Gasteiger partial charge in [0.2, 0.25) is 0 Å². The molecule has 1 aromatic carbocycles. The van der Waals surface area contributed by atoms with Crippen molar-refractivity contribution in [3.8, 4) is 0 Å². The van der Waals surface area contributed by atoms with Gasteiger partial charge in [-0.1, -0.05) is 18.2 Å². The molecule has 1 unspecified atom stereocenters. The number of carbonyl (C=O) groups excluding carboxylic acids is 1. The van der Waals surface area contributed by atoms with Crippen molar-refractivity contribution in [1.29, 1.82) is 0 Å². The summed E-state index contributed by atoms with van der Waals surface area (Å²) in [5.41, 5.74) is 0.745. The highest BCUT2D eigenvalue weighted by atomic mass is 16.5. The van der Waals surface area contributed by atoms with E-state index in [0.29, 0.717) is 19.8 Å². The third-order valence-corrected chi connectivity index (χ3v) is 3.09. The summed E-state index contributed by atoms with van der Waals surface area (Å²) in [6.07, 6.45) is 1.05. The maximum atomic E-state index is 12.2. The van der Waals surface area contributed by atoms with E-state index in [9.17, 15) is 4.79 Å². The van der Waals surface area contributed by atoms with Crippen molar-refractivity contribution in [3.63, 3.8) is 0 Å². The molecule has 0 aliphatic carbocycles. The lowest BCUT2D eigenvalue weighted by atomic mass is 10.2. The van der Waals surface area contributed by atoms with E-state index in [-0.39, 0.29) is 12.0 Å². The first-order chi connectivity index (χ1) is 8.81. The van der Waals surface area contributed by atoms with E-state index < -0.39 is 0 Å². The highest BCUT2D eigenvalue weighted by molar-refractivity contribution is 5.94. The van der Waals surface area contributed by atoms with E-state index in [2.05, 4.69) is 0 Å². The van der Waals surface area contributed by atoms with E-state index in [4.69, 9.17) is 9.47 Å². The van der Waals surface area contributed by atoms with Crippen LogP contribution in [0.4, 0.5) is 0 Å². The Morgan fingerprint density at radius 2 is 2.11 bits per heavy atom. The number of ether oxygens (including phenoxy) is 2. The first-order valence-electron chi connectivity index (χ1n) is 6.26. The Bertz CT molecular complexity index is 380. The average molecular weight is 249 g/mol. The minimum Gasteiger partial charge on any atom is -0.382 e. The number of hydrogen-bond donors (Lipinski definition) is 0. The molecule has 2 rings (SSSR count). The van der Waals surface area contributed by atoms with Gasteiger partial charge in [-0.25, -0.2) is 0 Å². The van der Waals surface area contributed by atoms with Crippen molar-refractivity contribution in [2.45, 2.75) is 12.5 Å². The number of likely N-dealkylation sites (tertiary alicyclic amines) is 1. The largest absolute Gasteiger partial charge is 0.382 e. The molecule has 18 heavy (non-hydrogen) atoms. The summed E-state index contributed by atoms with van der Waals surface area (Å²) in [5, 5.41) is 0. The van der Waals surface area contributed by atoms with Gasteiger partial charge in [0, 0.05) is 25.8 Å². The molecular formula is C14H19NO3. The zero-order valence-electron chi connectivity index (χ0n) is 10.7. The summed E-state index contributed by atoms with van der Waals surface area (Å²) in [4.78, 5) is 14.0. The molecule has 1 aromatic rings. The Balaban J connectivity index is 1.83. The van der Waals surface area contributed by atoms with Gasteiger partial charge >= 0.3 is 0 Å². The third kappa shape index (κ3) is 3.31. The van der Waals surface area contributed by atoms with Crippen LogP contribution in [-0.4, -0.2) is 50.3 Å². The highest BCUT2D eigenvalue weighted by Crippen LogP contribution is 2.15. The summed E-state index contributed by atoms with van der Waals surface area (Å²) in [5.74, 6) is 0.0911. The topological polar surface area (TPSA) is 38.8 Å². The SMILES string of the molecule is COCCOC1CCN(C(=O)c2ccccc2)C1. The minimum absolute atomic E-state index is 0.0911. The second kappa shape index (κ2) is 6.52. The minimum atomic E-state index is 0.0911. The van der Waals surface area contributed by atoms with Crippen molar-refractivity contribution in [1.82, 2.24) is 4.90 Å². The lowest BCUT2D eigenvalue weighted by molar-refractivity contribution is 0.0218. The monoisotopic (exact) mass is 249 g/mol. The van der Waals surface area contributed by atoms with Gasteiger partial charge in [0.25, 0.3) is 5.91 Å². The van der Waals surface area contributed by atoms with Crippen LogP contribution in [0.2, 0.25) is 0 Å². The summed E-state index contributed by atoms with van der Waals surface area (Å²) in [7, 11) is 1.66. The Kier molecular flexibility index (Phi) is 4.73. The number of rotatable bonds is 5. The van der Waals surface area contributed by atoms with E-state index in [1.165, 1.54) is 0 Å². The third-order valence-electron chi connectivity index (χ3n) is 3.09. The lowest BCUT2D eigenvalue weighted by Gasteiger charge is -2.16. The molecule has 0 radical (unpaired) electrons. The first kappa shape index (κ1) is 13.1. The molecule has 1 fully saturated rings. The normalized spacial score (nSPS) is 19.2. The van der Waals surface area contributed by atoms with Crippen molar-refractivity contribution in [2.75, 3.05) is 33.4 Å². The van der Waals surface area contributed by atoms with Crippen molar-refractivity contribution in [2.24, 2.45) is 0 Å². The van der Waals surface area contributed by atoms with E-state index in [1.54, 1.807) is 7.11 Å². The van der Waals surface area contributed by atoms with E-state index in [1.807, 2.05) is 35.2 Å². The molecule has 98 valence electrons. The fourth-order valence-corrected chi connectivity index (χ4v) is 2.11. The molecule has 1 amide bonds. The molecule has 0 spiro atoms. The van der Waals surface area contributed by atoms with Crippen molar-refractivity contribution < 1.29 is 14.3 Å². The van der Waals surface area contributed by atoms with Gasteiger partial charge in [0.05, 0.1) is 19.3 Å². The summed E-state index contributed by atoms with van der Waals surface area (Å²) < 4.78 is 10.6. The molecule has 0 bridgehead atoms. The molecule has 0 saturated carbocycles. The molecule has 4 nitrogen and oxygen atoms in total. The highest BCUT2D eigenvalue weighted by Gasteiger charge is 2.27. The van der Waals surface area contributed by atoms with Crippen LogP contribution in [0.1, 0.15) is 16.8 Å². The van der Waals surface area contributed by atoms with Crippen LogP contribution in [-0.2, 0) is 9.47 Å². The number of benzene rings is 1. The summed E-state index contributed by atoms with van der Waals surface area (Å²) in [6, 6.07) is 9.38. The predicted molar refractivity (Wildman–Crippen MR) is 68.6 cm³/mol. The maximum Gasteiger partial charge on any atom is 0.253 e. The Hall–Kier alpha value is -1.39. The summed E-state index contributed by atoms with van der Waals surface area (Å²) >= 11 is 0. The molecule has 0 aromatic heterocycles. The maximum absolute atomic E-state index is 12.2. The molecule has 1 atom stereocenters. The van der Waals surface area contributed by atoms with E-state index >= 15 is 0 Å². The number of methoxy groups -OCH3 is 1. The van der Waals surface area contributed by atoms with Crippen LogP contribution in [0.3, 0.4) is 0 Å². The van der Waals surface area contributed by atoms with Gasteiger partial charge in [-0.2, -0.15) is 0 Å². The Morgan fingerprint density at radius 3 is 2.83 bits per heavy atom. The van der Waals surface area contributed by atoms with Crippen LogP contribution >= 0.6 is 0 Å². The molecule has 1 heterocycles. The van der Waals surface area contributed by atoms with Crippen LogP contribution in [0.25, 0.3) is 0 Å². The zero-order valence-corrected chi connectivity index (χ0v) is 10.7. The van der Waals surface area contributed by atoms with Crippen molar-refractivity contribution in [3.05, 3.63) is 35.9 Å². The van der Waals surface area contributed by atoms with Crippen molar-refractivity contribution >= 4 is 5.91 Å². The second-order valence-electron chi connectivity index (χ2n) is 4.39. The fourth-order valence-electron chi connectivity index (χ4n) is 2.11. The fraction of sp³-hybridized carbons (Fsp3) is 0.500. The molecule has 1 aliphatic heterocycles. The van der Waals surface area contributed by atoms with Crippen LogP contribution in [0.5, 0.6) is 0 Å². The quantitative estimate of drug-likeness (QED) is 0.743. The predicted octanol–water partition coefficient (Wildman–Crippen LogP) is 1.56. The molecule has 1 aliphatic rings. The van der Waals surface area contributed by atoms with Gasteiger partial charge in [-0.3, -0.25) is 4.79 Å². The van der Waals surface area contributed by atoms with Gasteiger partial charge in [-0.15, -0.1) is 0 Å². The van der Waals surface area contributed by atoms with Gasteiger partial charge in [0.1, 0.15) is 0 Å². The van der Waals surface area contributed by atoms with Crippen LogP contribution < -0.4 is 0 Å². The molecular weight excluding hydrogens is 230 g/mol. The smallest absolute Gasteiger partial charge is 0.253 e. The van der Waals surface area contributed by atoms with Gasteiger partial charge in [0.15, 0.2) is 0 Å². The summed E-state index contributed by atoms with van der Waals surface area (Å²) in [6.45, 7) is 2.64. The van der Waals surface area contributed by atoms with Crippen LogP contribution in [0, 0.1) is 0 Å². The van der Waals surface area contributed by atoms with Gasteiger partial charge in [-0.05, 0) is 18.6 Å².